The molecule has 3 rings (SSSR count). The number of fused-ring (bicyclic) bond motifs is 1. The van der Waals surface area contributed by atoms with Crippen molar-refractivity contribution in [3.05, 3.63) is 66.1 Å². The van der Waals surface area contributed by atoms with Gasteiger partial charge in [-0.1, -0.05) is 12.1 Å². The van der Waals surface area contributed by atoms with Gasteiger partial charge in [0, 0.05) is 35.7 Å². The van der Waals surface area contributed by atoms with E-state index >= 15 is 0 Å². The normalized spacial score (nSPS) is 12.4. The lowest BCUT2D eigenvalue weighted by atomic mass is 9.98. The highest BCUT2D eigenvalue weighted by atomic mass is 14.7. The van der Waals surface area contributed by atoms with Crippen LogP contribution in [-0.2, 0) is 6.42 Å². The third kappa shape index (κ3) is 2.46. The maximum Gasteiger partial charge on any atom is 0.0702 e. The van der Waals surface area contributed by atoms with Crippen molar-refractivity contribution in [3.63, 3.8) is 0 Å². The molecule has 0 fully saturated rings. The third-order valence-corrected chi connectivity index (χ3v) is 3.44. The van der Waals surface area contributed by atoms with Crippen LogP contribution in [0.2, 0.25) is 0 Å². The molecule has 0 aliphatic heterocycles. The summed E-state index contributed by atoms with van der Waals surface area (Å²) in [5, 5.41) is 1.10. The summed E-state index contributed by atoms with van der Waals surface area (Å²) in [7, 11) is 0. The van der Waals surface area contributed by atoms with Crippen LogP contribution in [-0.4, -0.2) is 9.97 Å². The molecule has 4 N–H and O–H groups in total. The second-order valence-corrected chi connectivity index (χ2v) is 4.84. The molecule has 4 heteroatoms. The van der Waals surface area contributed by atoms with E-state index in [0.717, 1.165) is 27.7 Å². The number of aromatic nitrogens is 2. The topological polar surface area (TPSA) is 77.8 Å². The van der Waals surface area contributed by atoms with E-state index in [4.69, 9.17) is 11.5 Å². The van der Waals surface area contributed by atoms with Gasteiger partial charge in [0.25, 0.3) is 0 Å². The van der Waals surface area contributed by atoms with E-state index in [1.165, 1.54) is 0 Å². The van der Waals surface area contributed by atoms with Crippen molar-refractivity contribution in [1.29, 1.82) is 0 Å². The average molecular weight is 264 g/mol. The highest BCUT2D eigenvalue weighted by Crippen LogP contribution is 2.22. The molecule has 0 bridgehead atoms. The smallest absolute Gasteiger partial charge is 0.0702 e. The molecule has 100 valence electrons. The van der Waals surface area contributed by atoms with Crippen LogP contribution in [0.15, 0.2) is 55.0 Å². The molecule has 4 nitrogen and oxygen atoms in total. The van der Waals surface area contributed by atoms with E-state index in [1.54, 1.807) is 24.7 Å². The predicted octanol–water partition coefficient (Wildman–Crippen LogP) is 2.45. The molecular formula is C16H16N4. The largest absolute Gasteiger partial charge is 0.398 e. The fraction of sp³-hybridized carbons (Fsp3) is 0.125. The Morgan fingerprint density at radius 1 is 1.10 bits per heavy atom. The molecule has 0 saturated heterocycles. The monoisotopic (exact) mass is 264 g/mol. The van der Waals surface area contributed by atoms with Crippen molar-refractivity contribution in [1.82, 2.24) is 9.97 Å². The van der Waals surface area contributed by atoms with Crippen LogP contribution >= 0.6 is 0 Å². The second kappa shape index (κ2) is 5.27. The van der Waals surface area contributed by atoms with Crippen LogP contribution < -0.4 is 11.5 Å². The first kappa shape index (κ1) is 12.6. The van der Waals surface area contributed by atoms with Crippen LogP contribution in [0.4, 0.5) is 5.69 Å². The van der Waals surface area contributed by atoms with Crippen molar-refractivity contribution in [2.24, 2.45) is 5.73 Å². The maximum atomic E-state index is 6.28. The highest BCUT2D eigenvalue weighted by Gasteiger charge is 2.10. The minimum absolute atomic E-state index is 0.105. The van der Waals surface area contributed by atoms with E-state index in [9.17, 15) is 0 Å². The van der Waals surface area contributed by atoms with E-state index < -0.39 is 0 Å². The van der Waals surface area contributed by atoms with Gasteiger partial charge in [-0.05, 0) is 41.8 Å². The van der Waals surface area contributed by atoms with Crippen molar-refractivity contribution in [2.75, 3.05) is 5.73 Å². The second-order valence-electron chi connectivity index (χ2n) is 4.84. The summed E-state index contributed by atoms with van der Waals surface area (Å²) in [4.78, 5) is 8.41. The molecule has 0 aliphatic carbocycles. The Morgan fingerprint density at radius 2 is 2.00 bits per heavy atom. The molecule has 2 heterocycles. The van der Waals surface area contributed by atoms with Crippen LogP contribution in [0.5, 0.6) is 0 Å². The Kier molecular flexibility index (Phi) is 3.31. The number of pyridine rings is 2. The van der Waals surface area contributed by atoms with Crippen molar-refractivity contribution in [3.8, 4) is 0 Å². The fourth-order valence-corrected chi connectivity index (χ4v) is 2.29. The number of rotatable bonds is 3. The number of nitrogens with zero attached hydrogens (tertiary/aromatic N) is 2. The summed E-state index contributed by atoms with van der Waals surface area (Å²) in [6.45, 7) is 0. The van der Waals surface area contributed by atoms with E-state index in [2.05, 4.69) is 16.0 Å². The Morgan fingerprint density at radius 3 is 2.85 bits per heavy atom. The van der Waals surface area contributed by atoms with Crippen molar-refractivity contribution >= 4 is 16.6 Å². The first-order valence-electron chi connectivity index (χ1n) is 6.52. The summed E-state index contributed by atoms with van der Waals surface area (Å²) in [6, 6.07) is 11.8. The van der Waals surface area contributed by atoms with Gasteiger partial charge in [-0.2, -0.15) is 0 Å². The Labute approximate surface area is 117 Å². The van der Waals surface area contributed by atoms with Gasteiger partial charge < -0.3 is 11.5 Å². The Balaban J connectivity index is 1.89. The van der Waals surface area contributed by atoms with Gasteiger partial charge in [-0.3, -0.25) is 9.97 Å². The molecule has 0 amide bonds. The minimum atomic E-state index is -0.105. The zero-order chi connectivity index (χ0) is 13.9. The van der Waals surface area contributed by atoms with Crippen LogP contribution in [0, 0.1) is 0 Å². The molecule has 0 radical (unpaired) electrons. The van der Waals surface area contributed by atoms with Gasteiger partial charge in [0.05, 0.1) is 5.52 Å². The third-order valence-electron chi connectivity index (χ3n) is 3.44. The van der Waals surface area contributed by atoms with Gasteiger partial charge in [0.15, 0.2) is 0 Å². The summed E-state index contributed by atoms with van der Waals surface area (Å²) >= 11 is 0. The number of benzene rings is 1. The van der Waals surface area contributed by atoms with Gasteiger partial charge >= 0.3 is 0 Å². The Hall–Kier alpha value is -2.46. The molecule has 0 spiro atoms. The lowest BCUT2D eigenvalue weighted by Crippen LogP contribution is -2.14. The number of nitrogens with two attached hydrogens (primary N) is 2. The molecule has 0 saturated carbocycles. The van der Waals surface area contributed by atoms with Crippen LogP contribution in [0.1, 0.15) is 17.2 Å². The van der Waals surface area contributed by atoms with Crippen LogP contribution in [0.3, 0.4) is 0 Å². The number of anilines is 1. The predicted molar refractivity (Wildman–Crippen MR) is 81.0 cm³/mol. The zero-order valence-corrected chi connectivity index (χ0v) is 11.0. The maximum absolute atomic E-state index is 6.28. The SMILES string of the molecule is Nc1ccncc1CC(N)c1ccc2ncccc2c1. The summed E-state index contributed by atoms with van der Waals surface area (Å²) in [5.74, 6) is 0. The van der Waals surface area contributed by atoms with Crippen molar-refractivity contribution < 1.29 is 0 Å². The molecule has 1 aromatic carbocycles. The van der Waals surface area contributed by atoms with Gasteiger partial charge in [-0.25, -0.2) is 0 Å². The standard InChI is InChI=1S/C16H16N4/c17-14-5-7-19-10-13(14)9-15(18)11-3-4-16-12(8-11)2-1-6-20-16/h1-8,10,15H,9,18H2,(H2,17,19). The summed E-state index contributed by atoms with van der Waals surface area (Å²) in [6.07, 6.45) is 5.92. The summed E-state index contributed by atoms with van der Waals surface area (Å²) in [5.41, 5.74) is 16.0. The fourth-order valence-electron chi connectivity index (χ4n) is 2.29. The number of hydrogen-bond donors (Lipinski definition) is 2. The molecule has 3 aromatic rings. The number of hydrogen-bond acceptors (Lipinski definition) is 4. The van der Waals surface area contributed by atoms with Gasteiger partial charge in [-0.15, -0.1) is 0 Å². The molecular weight excluding hydrogens is 248 g/mol. The lowest BCUT2D eigenvalue weighted by Gasteiger charge is -2.14. The van der Waals surface area contributed by atoms with Crippen LogP contribution in [0.25, 0.3) is 10.9 Å². The quantitative estimate of drug-likeness (QED) is 0.761. The number of nitrogen functional groups attached to an aromatic ring is 1. The molecule has 1 unspecified atom stereocenters. The van der Waals surface area contributed by atoms with E-state index in [0.29, 0.717) is 6.42 Å². The van der Waals surface area contributed by atoms with Gasteiger partial charge in [0.2, 0.25) is 0 Å². The minimum Gasteiger partial charge on any atom is -0.398 e. The molecule has 1 atom stereocenters. The van der Waals surface area contributed by atoms with E-state index in [-0.39, 0.29) is 6.04 Å². The molecule has 20 heavy (non-hydrogen) atoms. The zero-order valence-electron chi connectivity index (χ0n) is 11.0. The Bertz CT molecular complexity index is 739. The van der Waals surface area contributed by atoms with Crippen molar-refractivity contribution in [2.45, 2.75) is 12.5 Å². The average Bonchev–Trinajstić information content (AvgIpc) is 2.49. The summed E-state index contributed by atoms with van der Waals surface area (Å²) < 4.78 is 0. The highest BCUT2D eigenvalue weighted by molar-refractivity contribution is 5.79. The molecule has 2 aromatic heterocycles. The molecule has 0 aliphatic rings. The first-order chi connectivity index (χ1) is 9.74. The van der Waals surface area contributed by atoms with E-state index in [1.807, 2.05) is 24.3 Å². The lowest BCUT2D eigenvalue weighted by molar-refractivity contribution is 0.722. The first-order valence-corrected chi connectivity index (χ1v) is 6.52. The van der Waals surface area contributed by atoms with Gasteiger partial charge in [0.1, 0.15) is 0 Å².